The third kappa shape index (κ3) is 5.08. The zero-order chi connectivity index (χ0) is 16.5. The minimum absolute atomic E-state index is 0.0724. The second-order valence-electron chi connectivity index (χ2n) is 6.07. The van der Waals surface area contributed by atoms with Crippen LogP contribution in [0.1, 0.15) is 64.6 Å². The number of hydrogen-bond acceptors (Lipinski definition) is 2. The van der Waals surface area contributed by atoms with E-state index in [9.17, 15) is 4.79 Å². The van der Waals surface area contributed by atoms with Crippen LogP contribution in [0.15, 0.2) is 24.3 Å². The van der Waals surface area contributed by atoms with Crippen molar-refractivity contribution < 1.29 is 4.79 Å². The van der Waals surface area contributed by atoms with Crippen molar-refractivity contribution >= 4 is 16.9 Å². The summed E-state index contributed by atoms with van der Waals surface area (Å²) >= 11 is 0. The van der Waals surface area contributed by atoms with Gasteiger partial charge in [-0.1, -0.05) is 58.1 Å². The summed E-state index contributed by atoms with van der Waals surface area (Å²) in [6, 6.07) is 8.22. The number of unbranched alkanes of at least 4 members (excludes halogenated alkanes) is 5. The van der Waals surface area contributed by atoms with Crippen molar-refractivity contribution in [1.29, 1.82) is 0 Å². The van der Waals surface area contributed by atoms with Crippen molar-refractivity contribution in [2.75, 3.05) is 0 Å². The predicted octanol–water partition coefficient (Wildman–Crippen LogP) is 4.42. The van der Waals surface area contributed by atoms with Crippen LogP contribution in [0.5, 0.6) is 0 Å². The Balaban J connectivity index is 2.01. The molecule has 0 radical (unpaired) electrons. The number of rotatable bonds is 10. The van der Waals surface area contributed by atoms with Gasteiger partial charge < -0.3 is 9.88 Å². The molecule has 1 heterocycles. The first-order valence-electron chi connectivity index (χ1n) is 8.97. The van der Waals surface area contributed by atoms with E-state index >= 15 is 0 Å². The molecule has 0 aliphatic carbocycles. The number of nitrogens with one attached hydrogen (secondary N) is 1. The largest absolute Gasteiger partial charge is 0.349 e. The summed E-state index contributed by atoms with van der Waals surface area (Å²) in [5.41, 5.74) is 2.18. The average molecular weight is 315 g/mol. The molecule has 0 bridgehead atoms. The Labute approximate surface area is 139 Å². The van der Waals surface area contributed by atoms with Crippen LogP contribution in [0.3, 0.4) is 0 Å². The van der Waals surface area contributed by atoms with Gasteiger partial charge in [-0.15, -0.1) is 0 Å². The van der Waals surface area contributed by atoms with Crippen LogP contribution in [-0.4, -0.2) is 15.5 Å². The van der Waals surface area contributed by atoms with Crippen molar-refractivity contribution in [3.8, 4) is 0 Å². The number of carbonyl (C=O) groups excluding carboxylic acids is 1. The summed E-state index contributed by atoms with van der Waals surface area (Å²) in [5, 5.41) is 2.95. The van der Waals surface area contributed by atoms with Crippen molar-refractivity contribution in [3.05, 3.63) is 30.1 Å². The van der Waals surface area contributed by atoms with Crippen LogP contribution < -0.4 is 5.32 Å². The van der Waals surface area contributed by atoms with Gasteiger partial charge >= 0.3 is 0 Å². The molecule has 0 atom stereocenters. The van der Waals surface area contributed by atoms with Crippen molar-refractivity contribution in [2.45, 2.75) is 71.9 Å². The molecule has 23 heavy (non-hydrogen) atoms. The molecule has 2 aromatic rings. The van der Waals surface area contributed by atoms with Gasteiger partial charge in [0.15, 0.2) is 0 Å². The number of hydrogen-bond donors (Lipinski definition) is 1. The second kappa shape index (κ2) is 9.33. The van der Waals surface area contributed by atoms with Gasteiger partial charge in [0.2, 0.25) is 5.91 Å². The predicted molar refractivity (Wildman–Crippen MR) is 95.2 cm³/mol. The maximum absolute atomic E-state index is 11.5. The first-order chi connectivity index (χ1) is 11.3. The Morgan fingerprint density at radius 3 is 2.61 bits per heavy atom. The molecule has 0 saturated carbocycles. The SMILES string of the molecule is CCCCCCCCn1c(CNC(=O)CC)nc2ccccc21. The molecule has 0 fully saturated rings. The third-order valence-corrected chi connectivity index (χ3v) is 4.23. The molecule has 1 amide bonds. The lowest BCUT2D eigenvalue weighted by Crippen LogP contribution is -2.23. The van der Waals surface area contributed by atoms with E-state index in [-0.39, 0.29) is 5.91 Å². The molecule has 0 aliphatic heterocycles. The average Bonchev–Trinajstić information content (AvgIpc) is 2.93. The number of benzene rings is 1. The fourth-order valence-electron chi connectivity index (χ4n) is 2.86. The Morgan fingerprint density at radius 1 is 1.09 bits per heavy atom. The Hall–Kier alpha value is -1.84. The summed E-state index contributed by atoms with van der Waals surface area (Å²) in [7, 11) is 0. The van der Waals surface area contributed by atoms with Gasteiger partial charge in [0, 0.05) is 13.0 Å². The second-order valence-corrected chi connectivity index (χ2v) is 6.07. The number of nitrogens with zero attached hydrogens (tertiary/aromatic N) is 2. The lowest BCUT2D eigenvalue weighted by atomic mass is 10.1. The van der Waals surface area contributed by atoms with E-state index in [4.69, 9.17) is 4.98 Å². The summed E-state index contributed by atoms with van der Waals surface area (Å²) < 4.78 is 2.27. The highest BCUT2D eigenvalue weighted by atomic mass is 16.1. The normalized spacial score (nSPS) is 11.0. The molecule has 0 unspecified atom stereocenters. The molecule has 4 heteroatoms. The first kappa shape index (κ1) is 17.5. The zero-order valence-electron chi connectivity index (χ0n) is 14.5. The van der Waals surface area contributed by atoms with Gasteiger partial charge in [-0.05, 0) is 18.6 Å². The summed E-state index contributed by atoms with van der Waals surface area (Å²) in [4.78, 5) is 16.2. The molecule has 0 aliphatic rings. The fourth-order valence-corrected chi connectivity index (χ4v) is 2.86. The molecular weight excluding hydrogens is 286 g/mol. The topological polar surface area (TPSA) is 46.9 Å². The van der Waals surface area contributed by atoms with Crippen LogP contribution in [0, 0.1) is 0 Å². The highest BCUT2D eigenvalue weighted by molar-refractivity contribution is 5.77. The molecule has 0 saturated heterocycles. The van der Waals surface area contributed by atoms with E-state index in [1.54, 1.807) is 0 Å². The molecule has 4 nitrogen and oxygen atoms in total. The molecule has 2 rings (SSSR count). The van der Waals surface area contributed by atoms with Crippen LogP contribution >= 0.6 is 0 Å². The van der Waals surface area contributed by atoms with E-state index in [1.807, 2.05) is 19.1 Å². The molecule has 1 aromatic heterocycles. The highest BCUT2D eigenvalue weighted by Crippen LogP contribution is 2.17. The number of aromatic nitrogens is 2. The van der Waals surface area contributed by atoms with E-state index in [1.165, 1.54) is 44.0 Å². The van der Waals surface area contributed by atoms with E-state index in [2.05, 4.69) is 28.9 Å². The molecular formula is C19H29N3O. The minimum Gasteiger partial charge on any atom is -0.349 e. The number of para-hydroxylation sites is 2. The fraction of sp³-hybridized carbons (Fsp3) is 0.579. The van der Waals surface area contributed by atoms with Gasteiger partial charge in [-0.25, -0.2) is 4.98 Å². The van der Waals surface area contributed by atoms with Gasteiger partial charge in [-0.3, -0.25) is 4.79 Å². The summed E-state index contributed by atoms with van der Waals surface area (Å²) in [6.45, 7) is 5.60. The van der Waals surface area contributed by atoms with Gasteiger partial charge in [0.05, 0.1) is 17.6 Å². The zero-order valence-corrected chi connectivity index (χ0v) is 14.5. The van der Waals surface area contributed by atoms with E-state index in [0.29, 0.717) is 13.0 Å². The number of fused-ring (bicyclic) bond motifs is 1. The van der Waals surface area contributed by atoms with E-state index in [0.717, 1.165) is 17.9 Å². The standard InChI is InChI=1S/C19H29N3O/c1-3-5-6-7-8-11-14-22-17-13-10-9-12-16(17)21-18(22)15-20-19(23)4-2/h9-10,12-13H,3-8,11,14-15H2,1-2H3,(H,20,23). The maximum Gasteiger partial charge on any atom is 0.220 e. The molecule has 126 valence electrons. The summed E-state index contributed by atoms with van der Waals surface area (Å²) in [6.07, 6.45) is 8.20. The van der Waals surface area contributed by atoms with Gasteiger partial charge in [0.25, 0.3) is 0 Å². The highest BCUT2D eigenvalue weighted by Gasteiger charge is 2.10. The molecule has 0 spiro atoms. The quantitative estimate of drug-likeness (QED) is 0.660. The van der Waals surface area contributed by atoms with Crippen LogP contribution in [-0.2, 0) is 17.9 Å². The van der Waals surface area contributed by atoms with Crippen LogP contribution in [0.4, 0.5) is 0 Å². The Kier molecular flexibility index (Phi) is 7.11. The number of carbonyl (C=O) groups is 1. The van der Waals surface area contributed by atoms with Crippen LogP contribution in [0.2, 0.25) is 0 Å². The third-order valence-electron chi connectivity index (χ3n) is 4.23. The number of amides is 1. The first-order valence-corrected chi connectivity index (χ1v) is 8.97. The van der Waals surface area contributed by atoms with Gasteiger partial charge in [-0.2, -0.15) is 0 Å². The number of imidazole rings is 1. The monoisotopic (exact) mass is 315 g/mol. The van der Waals surface area contributed by atoms with Crippen molar-refractivity contribution in [1.82, 2.24) is 14.9 Å². The lowest BCUT2D eigenvalue weighted by Gasteiger charge is -2.10. The van der Waals surface area contributed by atoms with Gasteiger partial charge in [0.1, 0.15) is 5.82 Å². The van der Waals surface area contributed by atoms with Crippen molar-refractivity contribution in [3.63, 3.8) is 0 Å². The smallest absolute Gasteiger partial charge is 0.220 e. The summed E-state index contributed by atoms with van der Waals surface area (Å²) in [5.74, 6) is 1.03. The minimum atomic E-state index is 0.0724. The molecule has 1 N–H and O–H groups in total. The Morgan fingerprint density at radius 2 is 1.83 bits per heavy atom. The lowest BCUT2D eigenvalue weighted by molar-refractivity contribution is -0.120. The maximum atomic E-state index is 11.5. The Bertz CT molecular complexity index is 618. The number of aryl methyl sites for hydroxylation is 1. The van der Waals surface area contributed by atoms with E-state index < -0.39 is 0 Å². The van der Waals surface area contributed by atoms with Crippen LogP contribution in [0.25, 0.3) is 11.0 Å². The molecule has 1 aromatic carbocycles. The van der Waals surface area contributed by atoms with Crippen molar-refractivity contribution in [2.24, 2.45) is 0 Å².